The molecule has 5 nitrogen and oxygen atoms in total. The molecule has 8 heteroatoms. The minimum Gasteiger partial charge on any atom is -0.349 e. The van der Waals surface area contributed by atoms with E-state index < -0.39 is 10.0 Å². The fourth-order valence-electron chi connectivity index (χ4n) is 3.16. The van der Waals surface area contributed by atoms with Gasteiger partial charge in [-0.15, -0.1) is 0 Å². The van der Waals surface area contributed by atoms with E-state index in [0.29, 0.717) is 31.5 Å². The summed E-state index contributed by atoms with van der Waals surface area (Å²) in [7, 11) is -3.67. The Kier molecular flexibility index (Phi) is 6.11. The summed E-state index contributed by atoms with van der Waals surface area (Å²) in [4.78, 5) is 12.5. The molecule has 1 saturated heterocycles. The topological polar surface area (TPSA) is 66.5 Å². The number of benzene rings is 2. The lowest BCUT2D eigenvalue weighted by atomic mass is 10.0. The maximum absolute atomic E-state index is 12.8. The summed E-state index contributed by atoms with van der Waals surface area (Å²) in [6.45, 7) is 2.54. The van der Waals surface area contributed by atoms with E-state index in [9.17, 15) is 13.2 Å². The van der Waals surface area contributed by atoms with Crippen molar-refractivity contribution in [3.63, 3.8) is 0 Å². The van der Waals surface area contributed by atoms with Crippen LogP contribution in [0, 0.1) is 6.92 Å². The van der Waals surface area contributed by atoms with Gasteiger partial charge in [0.15, 0.2) is 0 Å². The Bertz CT molecular complexity index is 935. The molecule has 0 radical (unpaired) electrons. The zero-order valence-electron chi connectivity index (χ0n) is 14.8. The molecular weight excluding hydrogens is 407 g/mol. The molecule has 0 bridgehead atoms. The van der Waals surface area contributed by atoms with Crippen LogP contribution in [0.3, 0.4) is 0 Å². The maximum Gasteiger partial charge on any atom is 0.251 e. The zero-order valence-corrected chi connectivity index (χ0v) is 17.1. The number of nitrogens with one attached hydrogen (secondary N) is 1. The number of hydrogen-bond donors (Lipinski definition) is 1. The van der Waals surface area contributed by atoms with E-state index in [-0.39, 0.29) is 26.9 Å². The van der Waals surface area contributed by atoms with Crippen LogP contribution in [0.25, 0.3) is 0 Å². The number of hydrogen-bond acceptors (Lipinski definition) is 3. The number of aryl methyl sites for hydroxylation is 1. The van der Waals surface area contributed by atoms with Crippen molar-refractivity contribution in [2.24, 2.45) is 0 Å². The quantitative estimate of drug-likeness (QED) is 0.805. The number of amides is 1. The third-order valence-corrected chi connectivity index (χ3v) is 6.97. The minimum atomic E-state index is -3.67. The minimum absolute atomic E-state index is 0.0634. The SMILES string of the molecule is Cc1ccccc1C(=O)NC1CCN(S(=O)(=O)c2cc(Cl)cc(Cl)c2)CC1. The van der Waals surface area contributed by atoms with Crippen molar-refractivity contribution in [2.75, 3.05) is 13.1 Å². The molecule has 0 unspecified atom stereocenters. The molecule has 0 aromatic heterocycles. The molecule has 0 aliphatic carbocycles. The molecular formula is C19H20Cl2N2O3S. The van der Waals surface area contributed by atoms with Gasteiger partial charge < -0.3 is 5.32 Å². The summed E-state index contributed by atoms with van der Waals surface area (Å²) < 4.78 is 27.0. The highest BCUT2D eigenvalue weighted by molar-refractivity contribution is 7.89. The van der Waals surface area contributed by atoms with Crippen LogP contribution in [0.4, 0.5) is 0 Å². The van der Waals surface area contributed by atoms with Gasteiger partial charge >= 0.3 is 0 Å². The van der Waals surface area contributed by atoms with Crippen LogP contribution in [-0.2, 0) is 10.0 Å². The molecule has 0 spiro atoms. The Hall–Kier alpha value is -1.60. The van der Waals surface area contributed by atoms with E-state index in [1.807, 2.05) is 25.1 Å². The molecule has 0 saturated carbocycles. The molecule has 1 fully saturated rings. The first kappa shape index (κ1) is 20.1. The normalized spacial score (nSPS) is 16.3. The lowest BCUT2D eigenvalue weighted by Gasteiger charge is -2.31. The van der Waals surface area contributed by atoms with Crippen LogP contribution in [0.2, 0.25) is 10.0 Å². The van der Waals surface area contributed by atoms with Crippen molar-refractivity contribution in [3.8, 4) is 0 Å². The van der Waals surface area contributed by atoms with Gasteiger partial charge in [-0.1, -0.05) is 41.4 Å². The Morgan fingerprint density at radius 3 is 2.26 bits per heavy atom. The van der Waals surface area contributed by atoms with Gasteiger partial charge in [-0.25, -0.2) is 8.42 Å². The molecule has 2 aromatic carbocycles. The lowest BCUT2D eigenvalue weighted by molar-refractivity contribution is 0.0923. The van der Waals surface area contributed by atoms with Gasteiger partial charge in [0.1, 0.15) is 0 Å². The summed E-state index contributed by atoms with van der Waals surface area (Å²) in [5.41, 5.74) is 1.55. The van der Waals surface area contributed by atoms with Gasteiger partial charge in [-0.05, 0) is 49.6 Å². The van der Waals surface area contributed by atoms with Crippen molar-refractivity contribution in [2.45, 2.75) is 30.7 Å². The second-order valence-electron chi connectivity index (χ2n) is 6.57. The first-order valence-electron chi connectivity index (χ1n) is 8.60. The monoisotopic (exact) mass is 426 g/mol. The smallest absolute Gasteiger partial charge is 0.251 e. The fraction of sp³-hybridized carbons (Fsp3) is 0.316. The maximum atomic E-state index is 12.8. The second-order valence-corrected chi connectivity index (χ2v) is 9.38. The van der Waals surface area contributed by atoms with Crippen LogP contribution < -0.4 is 5.32 Å². The van der Waals surface area contributed by atoms with Crippen molar-refractivity contribution < 1.29 is 13.2 Å². The van der Waals surface area contributed by atoms with Gasteiger partial charge in [0, 0.05) is 34.7 Å². The van der Waals surface area contributed by atoms with E-state index in [4.69, 9.17) is 23.2 Å². The van der Waals surface area contributed by atoms with Gasteiger partial charge in [-0.2, -0.15) is 4.31 Å². The standard InChI is InChI=1S/C19H20Cl2N2O3S/c1-13-4-2-3-5-18(13)19(24)22-16-6-8-23(9-7-16)27(25,26)17-11-14(20)10-15(21)12-17/h2-5,10-12,16H,6-9H2,1H3,(H,22,24). The number of nitrogens with zero attached hydrogens (tertiary/aromatic N) is 1. The Labute approximate surface area is 169 Å². The van der Waals surface area contributed by atoms with E-state index in [1.54, 1.807) is 6.07 Å². The largest absolute Gasteiger partial charge is 0.349 e. The fourth-order valence-corrected chi connectivity index (χ4v) is 5.35. The molecule has 1 heterocycles. The predicted octanol–water partition coefficient (Wildman–Crippen LogP) is 3.88. The molecule has 27 heavy (non-hydrogen) atoms. The molecule has 1 aliphatic heterocycles. The van der Waals surface area contributed by atoms with Gasteiger partial charge in [0.25, 0.3) is 5.91 Å². The van der Waals surface area contributed by atoms with Crippen molar-refractivity contribution in [3.05, 3.63) is 63.6 Å². The van der Waals surface area contributed by atoms with Gasteiger partial charge in [0.2, 0.25) is 10.0 Å². The molecule has 1 amide bonds. The van der Waals surface area contributed by atoms with Gasteiger partial charge in [-0.3, -0.25) is 4.79 Å². The van der Waals surface area contributed by atoms with Gasteiger partial charge in [0.05, 0.1) is 4.90 Å². The Morgan fingerprint density at radius 2 is 1.67 bits per heavy atom. The van der Waals surface area contributed by atoms with E-state index in [0.717, 1.165) is 5.56 Å². The second kappa shape index (κ2) is 8.19. The van der Waals surface area contributed by atoms with Crippen LogP contribution in [0.1, 0.15) is 28.8 Å². The lowest BCUT2D eigenvalue weighted by Crippen LogP contribution is -2.46. The first-order valence-corrected chi connectivity index (χ1v) is 10.8. The molecule has 144 valence electrons. The van der Waals surface area contributed by atoms with Crippen molar-refractivity contribution in [1.29, 1.82) is 0 Å². The van der Waals surface area contributed by atoms with E-state index in [2.05, 4.69) is 5.32 Å². The van der Waals surface area contributed by atoms with Crippen LogP contribution >= 0.6 is 23.2 Å². The average molecular weight is 427 g/mol. The highest BCUT2D eigenvalue weighted by Crippen LogP contribution is 2.26. The number of sulfonamides is 1. The average Bonchev–Trinajstić information content (AvgIpc) is 2.61. The summed E-state index contributed by atoms with van der Waals surface area (Å²) in [5.74, 6) is -0.129. The highest BCUT2D eigenvalue weighted by Gasteiger charge is 2.30. The molecule has 1 N–H and O–H groups in total. The number of rotatable bonds is 4. The predicted molar refractivity (Wildman–Crippen MR) is 107 cm³/mol. The van der Waals surface area contributed by atoms with Crippen LogP contribution in [0.5, 0.6) is 0 Å². The third kappa shape index (κ3) is 4.63. The molecule has 1 aliphatic rings. The van der Waals surface area contributed by atoms with Crippen molar-refractivity contribution in [1.82, 2.24) is 9.62 Å². The number of halogens is 2. The molecule has 2 aromatic rings. The Balaban J connectivity index is 1.65. The van der Waals surface area contributed by atoms with Crippen LogP contribution in [-0.4, -0.2) is 37.8 Å². The Morgan fingerprint density at radius 1 is 1.07 bits per heavy atom. The van der Waals surface area contributed by atoms with E-state index >= 15 is 0 Å². The first-order chi connectivity index (χ1) is 12.8. The van der Waals surface area contributed by atoms with E-state index in [1.165, 1.54) is 22.5 Å². The number of carbonyl (C=O) groups is 1. The van der Waals surface area contributed by atoms with Crippen molar-refractivity contribution >= 4 is 39.1 Å². The number of piperidine rings is 1. The van der Waals surface area contributed by atoms with Crippen LogP contribution in [0.15, 0.2) is 47.4 Å². The zero-order chi connectivity index (χ0) is 19.6. The summed E-state index contributed by atoms with van der Waals surface area (Å²) in [6, 6.07) is 11.6. The summed E-state index contributed by atoms with van der Waals surface area (Å²) in [5, 5.41) is 3.56. The molecule has 3 rings (SSSR count). The number of carbonyl (C=O) groups excluding carboxylic acids is 1. The molecule has 0 atom stereocenters. The highest BCUT2D eigenvalue weighted by atomic mass is 35.5. The summed E-state index contributed by atoms with van der Waals surface area (Å²) in [6.07, 6.45) is 1.09. The summed E-state index contributed by atoms with van der Waals surface area (Å²) >= 11 is 11.9. The third-order valence-electron chi connectivity index (χ3n) is 4.65.